The highest BCUT2D eigenvalue weighted by Crippen LogP contribution is 2.32. The zero-order valence-corrected chi connectivity index (χ0v) is 11.7. The van der Waals surface area contributed by atoms with Gasteiger partial charge in [0.15, 0.2) is 0 Å². The Morgan fingerprint density at radius 3 is 2.65 bits per heavy atom. The molecule has 8 heteroatoms. The molecule has 3 heterocycles. The Kier molecular flexibility index (Phi) is 3.64. The lowest BCUT2D eigenvalue weighted by Gasteiger charge is -2.29. The van der Waals surface area contributed by atoms with Crippen LogP contribution in [0.1, 0.15) is 41.8 Å². The summed E-state index contributed by atoms with van der Waals surface area (Å²) in [4.78, 5) is 6.37. The van der Waals surface area contributed by atoms with E-state index >= 15 is 0 Å². The van der Waals surface area contributed by atoms with E-state index in [1.165, 1.54) is 0 Å². The van der Waals surface area contributed by atoms with Crippen molar-refractivity contribution in [1.29, 1.82) is 0 Å². The van der Waals surface area contributed by atoms with Gasteiger partial charge in [0.25, 0.3) is 5.89 Å². The van der Waals surface area contributed by atoms with Gasteiger partial charge < -0.3 is 9.32 Å². The molecule has 1 aliphatic rings. The average molecular weight is 300 g/mol. The van der Waals surface area contributed by atoms with Crippen molar-refractivity contribution < 1.29 is 13.2 Å². The fourth-order valence-electron chi connectivity index (χ4n) is 2.32. The van der Waals surface area contributed by atoms with E-state index in [2.05, 4.69) is 20.6 Å². The second-order valence-electron chi connectivity index (χ2n) is 4.81. The van der Waals surface area contributed by atoms with Gasteiger partial charge in [-0.3, -0.25) is 0 Å². The summed E-state index contributed by atoms with van der Waals surface area (Å²) in [5.74, 6) is -0.180. The Bertz CT molecular complexity index is 578. The first kappa shape index (κ1) is 13.4. The summed E-state index contributed by atoms with van der Waals surface area (Å²) in [6, 6.07) is 0.189. The van der Waals surface area contributed by atoms with Gasteiger partial charge in [0.1, 0.15) is 0 Å². The largest absolute Gasteiger partial charge is 0.402 e. The van der Waals surface area contributed by atoms with E-state index < -0.39 is 12.3 Å². The molecule has 108 valence electrons. The minimum atomic E-state index is -2.72. The van der Waals surface area contributed by atoms with Gasteiger partial charge in [-0.2, -0.15) is 8.78 Å². The SMILES string of the molecule is Cc1csc(C2CCN(c3nnc(C(F)F)o3)CC2)n1. The Hall–Kier alpha value is -1.57. The topological polar surface area (TPSA) is 55.1 Å². The van der Waals surface area contributed by atoms with Crippen LogP contribution in [-0.2, 0) is 0 Å². The van der Waals surface area contributed by atoms with E-state index in [4.69, 9.17) is 4.42 Å². The number of aromatic nitrogens is 3. The van der Waals surface area contributed by atoms with E-state index in [1.807, 2.05) is 11.8 Å². The fraction of sp³-hybridized carbons (Fsp3) is 0.583. The van der Waals surface area contributed by atoms with Crippen molar-refractivity contribution in [3.05, 3.63) is 22.0 Å². The smallest absolute Gasteiger partial charge is 0.318 e. The van der Waals surface area contributed by atoms with Crippen molar-refractivity contribution in [2.45, 2.75) is 32.1 Å². The van der Waals surface area contributed by atoms with E-state index in [9.17, 15) is 8.78 Å². The van der Waals surface area contributed by atoms with Crippen molar-refractivity contribution in [3.8, 4) is 0 Å². The van der Waals surface area contributed by atoms with Crippen LogP contribution < -0.4 is 4.90 Å². The first-order valence-corrected chi connectivity index (χ1v) is 7.30. The summed E-state index contributed by atoms with van der Waals surface area (Å²) in [5, 5.41) is 10.2. The van der Waals surface area contributed by atoms with Crippen LogP contribution in [0.3, 0.4) is 0 Å². The van der Waals surface area contributed by atoms with Gasteiger partial charge in [0.2, 0.25) is 0 Å². The number of rotatable bonds is 3. The van der Waals surface area contributed by atoms with Crippen LogP contribution in [0.4, 0.5) is 14.8 Å². The van der Waals surface area contributed by atoms with Gasteiger partial charge in [-0.1, -0.05) is 5.10 Å². The molecule has 0 atom stereocenters. The average Bonchev–Trinajstić information content (AvgIpc) is 3.08. The maximum atomic E-state index is 12.4. The molecule has 0 N–H and O–H groups in total. The van der Waals surface area contributed by atoms with Gasteiger partial charge in [0.05, 0.1) is 5.01 Å². The van der Waals surface area contributed by atoms with Crippen LogP contribution in [0.25, 0.3) is 0 Å². The molecule has 1 aliphatic heterocycles. The minimum absolute atomic E-state index is 0.189. The summed E-state index contributed by atoms with van der Waals surface area (Å²) in [5.41, 5.74) is 1.05. The molecule has 1 saturated heterocycles. The number of hydrogen-bond acceptors (Lipinski definition) is 6. The number of halogens is 2. The predicted octanol–water partition coefficient (Wildman–Crippen LogP) is 3.16. The number of nitrogens with zero attached hydrogens (tertiary/aromatic N) is 4. The first-order chi connectivity index (χ1) is 9.63. The molecule has 2 aromatic heterocycles. The van der Waals surface area contributed by atoms with Crippen molar-refractivity contribution in [3.63, 3.8) is 0 Å². The van der Waals surface area contributed by atoms with E-state index in [0.717, 1.165) is 23.5 Å². The monoisotopic (exact) mass is 300 g/mol. The highest BCUT2D eigenvalue weighted by atomic mass is 32.1. The first-order valence-electron chi connectivity index (χ1n) is 6.42. The van der Waals surface area contributed by atoms with Crippen LogP contribution in [0.5, 0.6) is 0 Å². The highest BCUT2D eigenvalue weighted by molar-refractivity contribution is 7.09. The lowest BCUT2D eigenvalue weighted by atomic mass is 9.98. The summed E-state index contributed by atoms with van der Waals surface area (Å²) in [7, 11) is 0. The van der Waals surface area contributed by atoms with Gasteiger partial charge in [-0.25, -0.2) is 4.98 Å². The van der Waals surface area contributed by atoms with Gasteiger partial charge in [-0.15, -0.1) is 16.4 Å². The summed E-state index contributed by atoms with van der Waals surface area (Å²) in [6.45, 7) is 3.42. The molecular weight excluding hydrogens is 286 g/mol. The molecule has 0 spiro atoms. The second-order valence-corrected chi connectivity index (χ2v) is 5.70. The molecule has 0 aromatic carbocycles. The molecule has 1 fully saturated rings. The van der Waals surface area contributed by atoms with Gasteiger partial charge in [-0.05, 0) is 19.8 Å². The third-order valence-corrected chi connectivity index (χ3v) is 4.49. The third-order valence-electron chi connectivity index (χ3n) is 3.37. The predicted molar refractivity (Wildman–Crippen MR) is 70.3 cm³/mol. The Balaban J connectivity index is 1.63. The molecule has 0 amide bonds. The Morgan fingerprint density at radius 2 is 2.10 bits per heavy atom. The number of alkyl halides is 2. The third kappa shape index (κ3) is 2.65. The summed E-state index contributed by atoms with van der Waals surface area (Å²) >= 11 is 1.68. The van der Waals surface area contributed by atoms with E-state index in [-0.39, 0.29) is 6.01 Å². The van der Waals surface area contributed by atoms with Crippen LogP contribution in [0, 0.1) is 6.92 Å². The summed E-state index contributed by atoms with van der Waals surface area (Å²) in [6.07, 6.45) is -0.884. The standard InChI is InChI=1S/C12H14F2N4OS/c1-7-6-20-11(15-7)8-2-4-18(5-3-8)12-17-16-10(19-12)9(13)14/h6,8-9H,2-5H2,1H3. The van der Waals surface area contributed by atoms with Crippen molar-refractivity contribution >= 4 is 17.4 Å². The Morgan fingerprint density at radius 1 is 1.35 bits per heavy atom. The zero-order chi connectivity index (χ0) is 14.1. The van der Waals surface area contributed by atoms with Crippen LogP contribution >= 0.6 is 11.3 Å². The maximum absolute atomic E-state index is 12.4. The second kappa shape index (κ2) is 5.43. The van der Waals surface area contributed by atoms with Gasteiger partial charge >= 0.3 is 12.4 Å². The molecule has 0 radical (unpaired) electrons. The van der Waals surface area contributed by atoms with Gasteiger partial charge in [0, 0.05) is 30.1 Å². The number of hydrogen-bond donors (Lipinski definition) is 0. The molecule has 0 aliphatic carbocycles. The fourth-order valence-corrected chi connectivity index (χ4v) is 3.29. The molecular formula is C12H14F2N4OS. The maximum Gasteiger partial charge on any atom is 0.318 e. The summed E-state index contributed by atoms with van der Waals surface area (Å²) < 4.78 is 29.8. The lowest BCUT2D eigenvalue weighted by Crippen LogP contribution is -2.33. The number of thiazole rings is 1. The van der Waals surface area contributed by atoms with E-state index in [1.54, 1.807) is 11.3 Å². The Labute approximate surface area is 118 Å². The molecule has 3 rings (SSSR count). The van der Waals surface area contributed by atoms with Crippen LogP contribution in [-0.4, -0.2) is 28.3 Å². The van der Waals surface area contributed by atoms with Crippen molar-refractivity contribution in [2.75, 3.05) is 18.0 Å². The van der Waals surface area contributed by atoms with E-state index in [0.29, 0.717) is 19.0 Å². The zero-order valence-electron chi connectivity index (χ0n) is 10.9. The quantitative estimate of drug-likeness (QED) is 0.871. The molecule has 0 bridgehead atoms. The molecule has 0 unspecified atom stereocenters. The van der Waals surface area contributed by atoms with Crippen molar-refractivity contribution in [2.24, 2.45) is 0 Å². The molecule has 0 saturated carbocycles. The molecule has 2 aromatic rings. The van der Waals surface area contributed by atoms with Crippen LogP contribution in [0.15, 0.2) is 9.80 Å². The minimum Gasteiger partial charge on any atom is -0.402 e. The van der Waals surface area contributed by atoms with Crippen molar-refractivity contribution in [1.82, 2.24) is 15.2 Å². The highest BCUT2D eigenvalue weighted by Gasteiger charge is 2.26. The van der Waals surface area contributed by atoms with Crippen LogP contribution in [0.2, 0.25) is 0 Å². The normalized spacial score (nSPS) is 17.1. The number of aryl methyl sites for hydroxylation is 1. The molecule has 5 nitrogen and oxygen atoms in total. The number of piperidine rings is 1. The lowest BCUT2D eigenvalue weighted by molar-refractivity contribution is 0.115. The molecule has 20 heavy (non-hydrogen) atoms. The number of anilines is 1.